The maximum atomic E-state index is 12.3. The molecular formula is C13H21N3O5. The van der Waals surface area contributed by atoms with Gasteiger partial charge in [-0.05, 0) is 32.1 Å². The van der Waals surface area contributed by atoms with Crippen LogP contribution in [0.5, 0.6) is 0 Å². The Kier molecular flexibility index (Phi) is 4.66. The van der Waals surface area contributed by atoms with Crippen molar-refractivity contribution in [2.45, 2.75) is 62.8 Å². The Hall–Kier alpha value is -1.83. The summed E-state index contributed by atoms with van der Waals surface area (Å²) in [5.41, 5.74) is 5.00. The molecule has 0 saturated carbocycles. The molecule has 2 saturated heterocycles. The third kappa shape index (κ3) is 3.63. The number of carboxylic acids is 1. The Balaban J connectivity index is 1.96. The molecular weight excluding hydrogens is 278 g/mol. The number of amides is 3. The van der Waals surface area contributed by atoms with Gasteiger partial charge in [-0.25, -0.2) is 9.59 Å². The third-order valence-electron chi connectivity index (χ3n) is 4.22. The van der Waals surface area contributed by atoms with Gasteiger partial charge >= 0.3 is 12.0 Å². The number of carboxylic acid groups (broad SMARTS) is 1. The molecule has 8 heteroatoms. The normalized spacial score (nSPS) is 29.0. The first-order valence-corrected chi connectivity index (χ1v) is 7.16. The summed E-state index contributed by atoms with van der Waals surface area (Å²) < 4.78 is 0. The number of nitrogens with zero attached hydrogens (tertiary/aromatic N) is 1. The van der Waals surface area contributed by atoms with Crippen LogP contribution >= 0.6 is 0 Å². The van der Waals surface area contributed by atoms with E-state index in [1.165, 1.54) is 0 Å². The van der Waals surface area contributed by atoms with Gasteiger partial charge in [0.2, 0.25) is 5.91 Å². The first-order chi connectivity index (χ1) is 9.88. The molecule has 0 aromatic heterocycles. The van der Waals surface area contributed by atoms with Crippen molar-refractivity contribution < 1.29 is 24.6 Å². The first-order valence-electron chi connectivity index (χ1n) is 7.16. The van der Waals surface area contributed by atoms with Gasteiger partial charge in [0, 0.05) is 18.5 Å². The fourth-order valence-corrected chi connectivity index (χ4v) is 3.25. The molecule has 0 aromatic carbocycles. The average Bonchev–Trinajstić information content (AvgIpc) is 2.66. The van der Waals surface area contributed by atoms with Gasteiger partial charge in [0.25, 0.3) is 0 Å². The van der Waals surface area contributed by atoms with Gasteiger partial charge in [-0.1, -0.05) is 0 Å². The zero-order valence-corrected chi connectivity index (χ0v) is 11.7. The van der Waals surface area contributed by atoms with Crippen LogP contribution in [-0.2, 0) is 9.59 Å². The van der Waals surface area contributed by atoms with Gasteiger partial charge in [0.1, 0.15) is 6.04 Å². The molecule has 2 heterocycles. The minimum Gasteiger partial charge on any atom is -0.480 e. The lowest BCUT2D eigenvalue weighted by atomic mass is 10.0. The van der Waals surface area contributed by atoms with E-state index < -0.39 is 30.1 Å². The summed E-state index contributed by atoms with van der Waals surface area (Å²) in [7, 11) is 0. The molecule has 8 nitrogen and oxygen atoms in total. The molecule has 2 bridgehead atoms. The van der Waals surface area contributed by atoms with Gasteiger partial charge in [-0.15, -0.1) is 0 Å². The van der Waals surface area contributed by atoms with Gasteiger partial charge in [-0.2, -0.15) is 0 Å². The second kappa shape index (κ2) is 6.30. The largest absolute Gasteiger partial charge is 0.480 e. The number of aliphatic hydroxyl groups excluding tert-OH is 1. The Labute approximate surface area is 122 Å². The van der Waals surface area contributed by atoms with Crippen LogP contribution in [0.3, 0.4) is 0 Å². The van der Waals surface area contributed by atoms with Crippen LogP contribution in [0.15, 0.2) is 0 Å². The maximum Gasteiger partial charge on any atom is 0.326 e. The van der Waals surface area contributed by atoms with E-state index in [-0.39, 0.29) is 24.9 Å². The number of carbonyl (C=O) groups excluding carboxylic acids is 2. The number of primary amides is 1. The number of rotatable bonds is 5. The molecule has 3 amide bonds. The number of aliphatic hydroxyl groups is 1. The highest BCUT2D eigenvalue weighted by Crippen LogP contribution is 2.35. The molecule has 21 heavy (non-hydrogen) atoms. The second-order valence-corrected chi connectivity index (χ2v) is 5.76. The zero-order chi connectivity index (χ0) is 15.6. The Morgan fingerprint density at radius 1 is 1.24 bits per heavy atom. The number of nitrogens with two attached hydrogens (primary N) is 1. The predicted octanol–water partition coefficient (Wildman–Crippen LogP) is -0.598. The number of hydrogen-bond donors (Lipinski definition) is 4. The molecule has 2 rings (SSSR count). The summed E-state index contributed by atoms with van der Waals surface area (Å²) in [5.74, 6) is -1.79. The predicted molar refractivity (Wildman–Crippen MR) is 72.3 cm³/mol. The van der Waals surface area contributed by atoms with E-state index in [2.05, 4.69) is 5.32 Å². The molecule has 3 atom stereocenters. The molecule has 0 aromatic rings. The fraction of sp³-hybridized carbons (Fsp3) is 0.769. The van der Waals surface area contributed by atoms with Gasteiger partial charge in [0.15, 0.2) is 0 Å². The molecule has 0 aliphatic carbocycles. The van der Waals surface area contributed by atoms with E-state index >= 15 is 0 Å². The Bertz CT molecular complexity index is 428. The monoisotopic (exact) mass is 299 g/mol. The second-order valence-electron chi connectivity index (χ2n) is 5.76. The van der Waals surface area contributed by atoms with Crippen LogP contribution in [0.1, 0.15) is 38.5 Å². The van der Waals surface area contributed by atoms with Crippen LogP contribution < -0.4 is 11.1 Å². The van der Waals surface area contributed by atoms with Crippen LogP contribution in [0.4, 0.5) is 4.79 Å². The number of urea groups is 1. The summed E-state index contributed by atoms with van der Waals surface area (Å²) in [6.07, 6.45) is 2.20. The van der Waals surface area contributed by atoms with E-state index in [4.69, 9.17) is 10.8 Å². The highest BCUT2D eigenvalue weighted by Gasteiger charge is 2.43. The van der Waals surface area contributed by atoms with E-state index in [1.54, 1.807) is 4.90 Å². The molecule has 2 unspecified atom stereocenters. The van der Waals surface area contributed by atoms with Gasteiger partial charge < -0.3 is 26.2 Å². The van der Waals surface area contributed by atoms with Crippen molar-refractivity contribution in [3.05, 3.63) is 0 Å². The summed E-state index contributed by atoms with van der Waals surface area (Å²) in [6.45, 7) is 0. The molecule has 0 radical (unpaired) electrons. The van der Waals surface area contributed by atoms with Crippen molar-refractivity contribution in [1.29, 1.82) is 0 Å². The molecule has 2 aliphatic heterocycles. The van der Waals surface area contributed by atoms with Crippen molar-refractivity contribution >= 4 is 17.9 Å². The van der Waals surface area contributed by atoms with Crippen molar-refractivity contribution in [1.82, 2.24) is 10.2 Å². The molecule has 2 aliphatic rings. The van der Waals surface area contributed by atoms with Crippen LogP contribution in [0.25, 0.3) is 0 Å². The summed E-state index contributed by atoms with van der Waals surface area (Å²) >= 11 is 0. The fourth-order valence-electron chi connectivity index (χ4n) is 3.25. The quantitative estimate of drug-likeness (QED) is 0.538. The van der Waals surface area contributed by atoms with Crippen molar-refractivity contribution in [2.24, 2.45) is 5.73 Å². The summed E-state index contributed by atoms with van der Waals surface area (Å²) in [5, 5.41) is 21.3. The Morgan fingerprint density at radius 2 is 1.81 bits per heavy atom. The van der Waals surface area contributed by atoms with E-state index in [0.717, 1.165) is 12.8 Å². The van der Waals surface area contributed by atoms with E-state index in [0.29, 0.717) is 12.8 Å². The number of carbonyl (C=O) groups is 3. The number of hydrogen-bond acceptors (Lipinski definition) is 4. The van der Waals surface area contributed by atoms with Crippen molar-refractivity contribution in [2.75, 3.05) is 0 Å². The van der Waals surface area contributed by atoms with E-state index in [9.17, 15) is 19.5 Å². The highest BCUT2D eigenvalue weighted by atomic mass is 16.4. The molecule has 2 fully saturated rings. The number of aliphatic carboxylic acids is 1. The summed E-state index contributed by atoms with van der Waals surface area (Å²) in [6, 6.07) is -1.64. The minimum atomic E-state index is -1.19. The lowest BCUT2D eigenvalue weighted by Crippen LogP contribution is -2.55. The summed E-state index contributed by atoms with van der Waals surface area (Å²) in [4.78, 5) is 35.8. The lowest BCUT2D eigenvalue weighted by molar-refractivity contribution is -0.139. The van der Waals surface area contributed by atoms with Crippen molar-refractivity contribution in [3.63, 3.8) is 0 Å². The highest BCUT2D eigenvalue weighted by molar-refractivity contribution is 5.84. The average molecular weight is 299 g/mol. The SMILES string of the molecule is NC(=O)CC[C@@H](NC(=O)N1C2CCC1CC(O)C2)C(=O)O. The van der Waals surface area contributed by atoms with Crippen LogP contribution in [-0.4, -0.2) is 57.3 Å². The third-order valence-corrected chi connectivity index (χ3v) is 4.22. The maximum absolute atomic E-state index is 12.3. The lowest BCUT2D eigenvalue weighted by Gasteiger charge is -2.37. The smallest absolute Gasteiger partial charge is 0.326 e. The van der Waals surface area contributed by atoms with Crippen molar-refractivity contribution in [3.8, 4) is 0 Å². The first kappa shape index (κ1) is 15.6. The van der Waals surface area contributed by atoms with Crippen LogP contribution in [0.2, 0.25) is 0 Å². The zero-order valence-electron chi connectivity index (χ0n) is 11.7. The van der Waals surface area contributed by atoms with Crippen LogP contribution in [0, 0.1) is 0 Å². The molecule has 118 valence electrons. The Morgan fingerprint density at radius 3 is 2.29 bits per heavy atom. The number of piperidine rings is 1. The minimum absolute atomic E-state index is 0.0256. The number of fused-ring (bicyclic) bond motifs is 2. The number of nitrogens with one attached hydrogen (secondary N) is 1. The van der Waals surface area contributed by atoms with Gasteiger partial charge in [-0.3, -0.25) is 4.79 Å². The molecule has 5 N–H and O–H groups in total. The topological polar surface area (TPSA) is 133 Å². The molecule has 0 spiro atoms. The standard InChI is InChI=1S/C13H21N3O5/c14-11(18)4-3-10(12(19)20)15-13(21)16-7-1-2-8(16)6-9(17)5-7/h7-10,17H,1-6H2,(H2,14,18)(H,15,21)(H,19,20)/t7?,8?,9?,10-/m1/s1. The van der Waals surface area contributed by atoms with Gasteiger partial charge in [0.05, 0.1) is 6.10 Å². The van der Waals surface area contributed by atoms with E-state index in [1.807, 2.05) is 0 Å².